The number of carboxylic acids is 1. The van der Waals surface area contributed by atoms with E-state index in [0.29, 0.717) is 35.1 Å². The predicted octanol–water partition coefficient (Wildman–Crippen LogP) is 3.25. The van der Waals surface area contributed by atoms with Crippen molar-refractivity contribution in [2.75, 3.05) is 7.11 Å². The van der Waals surface area contributed by atoms with Gasteiger partial charge in [-0.15, -0.1) is 0 Å². The largest absolute Gasteiger partial charge is 0.497 e. The van der Waals surface area contributed by atoms with Gasteiger partial charge in [0, 0.05) is 12.0 Å². The quantitative estimate of drug-likeness (QED) is 0.906. The van der Waals surface area contributed by atoms with Gasteiger partial charge >= 0.3 is 5.97 Å². The first-order valence-electron chi connectivity index (χ1n) is 6.39. The summed E-state index contributed by atoms with van der Waals surface area (Å²) in [5, 5.41) is 13.3. The number of nitrogens with zero attached hydrogens (tertiary/aromatic N) is 1. The van der Waals surface area contributed by atoms with Crippen LogP contribution in [-0.4, -0.2) is 23.3 Å². The Bertz CT molecular complexity index is 599. The van der Waals surface area contributed by atoms with Crippen molar-refractivity contribution in [2.24, 2.45) is 5.92 Å². The minimum atomic E-state index is -1.02. The number of hydrogen-bond acceptors (Lipinski definition) is 4. The zero-order valence-corrected chi connectivity index (χ0v) is 11.7. The number of aromatic carboxylic acids is 1. The topological polar surface area (TPSA) is 72.6 Å². The van der Waals surface area contributed by atoms with Crippen molar-refractivity contribution in [1.82, 2.24) is 5.16 Å². The zero-order chi connectivity index (χ0) is 14.7. The molecule has 1 N–H and O–H groups in total. The van der Waals surface area contributed by atoms with Gasteiger partial charge in [-0.3, -0.25) is 0 Å². The maximum absolute atomic E-state index is 11.5. The van der Waals surface area contributed by atoms with Crippen molar-refractivity contribution in [1.29, 1.82) is 0 Å². The van der Waals surface area contributed by atoms with Crippen molar-refractivity contribution in [2.45, 2.75) is 20.3 Å². The van der Waals surface area contributed by atoms with Gasteiger partial charge in [-0.2, -0.15) is 0 Å². The lowest BCUT2D eigenvalue weighted by atomic mass is 10.0. The number of aromatic nitrogens is 1. The summed E-state index contributed by atoms with van der Waals surface area (Å²) in [6.45, 7) is 4.00. The lowest BCUT2D eigenvalue weighted by Crippen LogP contribution is -2.04. The maximum Gasteiger partial charge on any atom is 0.341 e. The molecule has 0 fully saturated rings. The lowest BCUT2D eigenvalue weighted by molar-refractivity contribution is 0.0695. The fourth-order valence-electron chi connectivity index (χ4n) is 2.00. The molecule has 2 aromatic rings. The second kappa shape index (κ2) is 5.77. The van der Waals surface area contributed by atoms with Gasteiger partial charge in [0.2, 0.25) is 0 Å². The highest BCUT2D eigenvalue weighted by Crippen LogP contribution is 2.28. The number of rotatable bonds is 5. The van der Waals surface area contributed by atoms with Gasteiger partial charge in [0.25, 0.3) is 0 Å². The van der Waals surface area contributed by atoms with E-state index in [1.807, 2.05) is 13.8 Å². The van der Waals surface area contributed by atoms with Crippen LogP contribution < -0.4 is 4.74 Å². The van der Waals surface area contributed by atoms with Crippen LogP contribution in [0.5, 0.6) is 5.75 Å². The third-order valence-corrected chi connectivity index (χ3v) is 2.93. The first kappa shape index (κ1) is 14.1. The third kappa shape index (κ3) is 2.82. The predicted molar refractivity (Wildman–Crippen MR) is 74.0 cm³/mol. The van der Waals surface area contributed by atoms with E-state index in [4.69, 9.17) is 9.26 Å². The van der Waals surface area contributed by atoms with E-state index in [0.717, 1.165) is 0 Å². The number of hydrogen-bond donors (Lipinski definition) is 1. The van der Waals surface area contributed by atoms with Crippen LogP contribution in [0.15, 0.2) is 28.8 Å². The molecule has 20 heavy (non-hydrogen) atoms. The van der Waals surface area contributed by atoms with E-state index < -0.39 is 5.97 Å². The third-order valence-electron chi connectivity index (χ3n) is 2.93. The van der Waals surface area contributed by atoms with Crippen molar-refractivity contribution < 1.29 is 19.2 Å². The molecular weight excluding hydrogens is 258 g/mol. The fraction of sp³-hybridized carbons (Fsp3) is 0.333. The monoisotopic (exact) mass is 275 g/mol. The van der Waals surface area contributed by atoms with Gasteiger partial charge in [-0.1, -0.05) is 19.0 Å². The van der Waals surface area contributed by atoms with E-state index >= 15 is 0 Å². The molecule has 2 rings (SSSR count). The molecule has 0 bridgehead atoms. The van der Waals surface area contributed by atoms with Gasteiger partial charge in [0.15, 0.2) is 5.76 Å². The average Bonchev–Trinajstić information content (AvgIpc) is 2.81. The molecule has 0 spiro atoms. The van der Waals surface area contributed by atoms with Gasteiger partial charge in [-0.05, 0) is 30.2 Å². The van der Waals surface area contributed by atoms with Gasteiger partial charge in [0.05, 0.1) is 7.11 Å². The number of carbonyl (C=O) groups is 1. The maximum atomic E-state index is 11.5. The summed E-state index contributed by atoms with van der Waals surface area (Å²) in [7, 11) is 1.58. The Morgan fingerprint density at radius 1 is 1.35 bits per heavy atom. The Kier molecular flexibility index (Phi) is 4.08. The van der Waals surface area contributed by atoms with Crippen LogP contribution in [-0.2, 0) is 6.42 Å². The summed E-state index contributed by atoms with van der Waals surface area (Å²) >= 11 is 0. The Hall–Kier alpha value is -2.30. The van der Waals surface area contributed by atoms with Crippen LogP contribution in [0.4, 0.5) is 0 Å². The molecule has 1 heterocycles. The summed E-state index contributed by atoms with van der Waals surface area (Å²) in [5.41, 5.74) is 1.20. The molecule has 106 valence electrons. The van der Waals surface area contributed by atoms with Crippen molar-refractivity contribution in [3.63, 3.8) is 0 Å². The van der Waals surface area contributed by atoms with Crippen LogP contribution in [0.25, 0.3) is 11.3 Å². The molecule has 0 saturated heterocycles. The smallest absolute Gasteiger partial charge is 0.341 e. The Morgan fingerprint density at radius 3 is 2.50 bits per heavy atom. The summed E-state index contributed by atoms with van der Waals surface area (Å²) in [4.78, 5) is 11.5. The number of methoxy groups -OCH3 is 1. The molecule has 0 aliphatic rings. The molecule has 0 amide bonds. The number of carboxylic acid groups (broad SMARTS) is 1. The minimum absolute atomic E-state index is 0.142. The fourth-order valence-corrected chi connectivity index (χ4v) is 2.00. The van der Waals surface area contributed by atoms with E-state index in [2.05, 4.69) is 5.16 Å². The minimum Gasteiger partial charge on any atom is -0.497 e. The SMILES string of the molecule is COc1ccc(-c2noc(CC(C)C)c2C(=O)O)cc1. The second-order valence-electron chi connectivity index (χ2n) is 4.96. The highest BCUT2D eigenvalue weighted by atomic mass is 16.5. The van der Waals surface area contributed by atoms with Gasteiger partial charge < -0.3 is 14.4 Å². The molecule has 0 aliphatic heterocycles. The normalized spacial score (nSPS) is 10.8. The Labute approximate surface area is 117 Å². The molecule has 0 aliphatic carbocycles. The molecular formula is C15H17NO4. The molecule has 0 saturated carbocycles. The second-order valence-corrected chi connectivity index (χ2v) is 4.96. The molecule has 1 aromatic heterocycles. The van der Waals surface area contributed by atoms with Crippen molar-refractivity contribution in [3.05, 3.63) is 35.6 Å². The summed E-state index contributed by atoms with van der Waals surface area (Å²) in [6, 6.07) is 7.06. The van der Waals surface area contributed by atoms with Crippen LogP contribution in [0, 0.1) is 5.92 Å². The average molecular weight is 275 g/mol. The van der Waals surface area contributed by atoms with E-state index in [1.54, 1.807) is 31.4 Å². The molecule has 1 aromatic carbocycles. The van der Waals surface area contributed by atoms with Crippen LogP contribution in [0.3, 0.4) is 0 Å². The Morgan fingerprint density at radius 2 is 2.00 bits per heavy atom. The van der Waals surface area contributed by atoms with E-state index in [-0.39, 0.29) is 5.56 Å². The lowest BCUT2D eigenvalue weighted by Gasteiger charge is -2.03. The number of ether oxygens (including phenoxy) is 1. The summed E-state index contributed by atoms with van der Waals surface area (Å²) < 4.78 is 10.3. The van der Waals surface area contributed by atoms with Crippen LogP contribution >= 0.6 is 0 Å². The van der Waals surface area contributed by atoms with Crippen molar-refractivity contribution >= 4 is 5.97 Å². The first-order chi connectivity index (χ1) is 9.52. The van der Waals surface area contributed by atoms with Crippen LogP contribution in [0.1, 0.15) is 30.0 Å². The zero-order valence-electron chi connectivity index (χ0n) is 11.7. The summed E-state index contributed by atoms with van der Waals surface area (Å²) in [6.07, 6.45) is 0.546. The van der Waals surface area contributed by atoms with E-state index in [9.17, 15) is 9.90 Å². The summed E-state index contributed by atoms with van der Waals surface area (Å²) in [5.74, 6) is 0.396. The molecule has 0 radical (unpaired) electrons. The van der Waals surface area contributed by atoms with Crippen LogP contribution in [0.2, 0.25) is 0 Å². The molecule has 5 nitrogen and oxygen atoms in total. The molecule has 5 heteroatoms. The Balaban J connectivity index is 2.44. The van der Waals surface area contributed by atoms with Gasteiger partial charge in [-0.25, -0.2) is 4.79 Å². The van der Waals surface area contributed by atoms with Crippen molar-refractivity contribution in [3.8, 4) is 17.0 Å². The van der Waals surface area contributed by atoms with Gasteiger partial charge in [0.1, 0.15) is 17.0 Å². The molecule has 0 unspecified atom stereocenters. The molecule has 0 atom stereocenters. The standard InChI is InChI=1S/C15H17NO4/c1-9(2)8-12-13(15(17)18)14(16-20-12)10-4-6-11(19-3)7-5-10/h4-7,9H,8H2,1-3H3,(H,17,18). The number of benzene rings is 1. The van der Waals surface area contributed by atoms with E-state index in [1.165, 1.54) is 0 Å². The highest BCUT2D eigenvalue weighted by molar-refractivity contribution is 5.95. The first-order valence-corrected chi connectivity index (χ1v) is 6.39. The highest BCUT2D eigenvalue weighted by Gasteiger charge is 2.23.